The largest absolute Gasteiger partial charge is 0.497 e. The van der Waals surface area contributed by atoms with E-state index in [1.54, 1.807) is 14.2 Å². The first kappa shape index (κ1) is 24.0. The van der Waals surface area contributed by atoms with Gasteiger partial charge in [0.15, 0.2) is 6.79 Å². The van der Waals surface area contributed by atoms with Crippen LogP contribution in [0.1, 0.15) is 28.4 Å². The highest BCUT2D eigenvalue weighted by atomic mass is 28.4. The van der Waals surface area contributed by atoms with Gasteiger partial charge < -0.3 is 23.7 Å². The molecule has 0 aliphatic rings. The number of ether oxygens (including phenoxy) is 3. The Hall–Kier alpha value is -2.64. The van der Waals surface area contributed by atoms with Crippen LogP contribution in [-0.2, 0) is 15.8 Å². The van der Waals surface area contributed by atoms with Crippen molar-refractivity contribution in [3.8, 4) is 11.5 Å². The molecule has 1 atom stereocenters. The topological polar surface area (TPSA) is 57.2 Å². The lowest BCUT2D eigenvalue weighted by atomic mass is 10.0. The first-order valence-electron chi connectivity index (χ1n) is 10.6. The monoisotopic (exact) mass is 452 g/mol. The Balaban J connectivity index is 1.88. The fourth-order valence-electron chi connectivity index (χ4n) is 3.39. The minimum atomic E-state index is -2.24. The lowest BCUT2D eigenvalue weighted by Crippen LogP contribution is -2.44. The van der Waals surface area contributed by atoms with Gasteiger partial charge in [0.25, 0.3) is 0 Å². The van der Waals surface area contributed by atoms with Gasteiger partial charge >= 0.3 is 0 Å². The summed E-state index contributed by atoms with van der Waals surface area (Å²) >= 11 is 0. The molecule has 0 bridgehead atoms. The molecule has 0 aliphatic carbocycles. The van der Waals surface area contributed by atoms with E-state index >= 15 is 0 Å². The summed E-state index contributed by atoms with van der Waals surface area (Å²) in [7, 11) is 0.951. The third-order valence-electron chi connectivity index (χ3n) is 5.48. The Morgan fingerprint density at radius 1 is 0.906 bits per heavy atom. The van der Waals surface area contributed by atoms with E-state index in [0.717, 1.165) is 22.1 Å². The van der Waals surface area contributed by atoms with E-state index in [1.165, 1.54) is 5.56 Å². The molecule has 0 spiro atoms. The highest BCUT2D eigenvalue weighted by molar-refractivity contribution is 6.84. The van der Waals surface area contributed by atoms with Crippen LogP contribution < -0.4 is 14.7 Å². The van der Waals surface area contributed by atoms with Gasteiger partial charge in [0.2, 0.25) is 8.32 Å². The smallest absolute Gasteiger partial charge is 0.218 e. The van der Waals surface area contributed by atoms with Crippen molar-refractivity contribution in [1.82, 2.24) is 0 Å². The maximum absolute atomic E-state index is 11.2. The van der Waals surface area contributed by atoms with Crippen molar-refractivity contribution in [2.45, 2.75) is 32.7 Å². The molecule has 3 aromatic carbocycles. The molecule has 0 aliphatic heterocycles. The third-order valence-corrected chi connectivity index (χ3v) is 8.05. The van der Waals surface area contributed by atoms with Crippen molar-refractivity contribution in [2.24, 2.45) is 0 Å². The summed E-state index contributed by atoms with van der Waals surface area (Å²) < 4.78 is 22.5. The van der Waals surface area contributed by atoms with E-state index in [1.807, 2.05) is 42.5 Å². The lowest BCUT2D eigenvalue weighted by Gasteiger charge is -2.26. The number of hydrogen-bond donors (Lipinski definition) is 1. The van der Waals surface area contributed by atoms with Gasteiger partial charge in [-0.05, 0) is 54.5 Å². The van der Waals surface area contributed by atoms with E-state index in [9.17, 15) is 5.11 Å². The molecule has 0 saturated heterocycles. The van der Waals surface area contributed by atoms with Crippen molar-refractivity contribution in [2.75, 3.05) is 21.0 Å². The van der Waals surface area contributed by atoms with Crippen LogP contribution in [0.3, 0.4) is 0 Å². The summed E-state index contributed by atoms with van der Waals surface area (Å²) in [5.41, 5.74) is 3.82. The lowest BCUT2D eigenvalue weighted by molar-refractivity contribution is 0.0488. The summed E-state index contributed by atoms with van der Waals surface area (Å²) in [6.07, 6.45) is -0.852. The fourth-order valence-corrected chi connectivity index (χ4v) is 5.07. The van der Waals surface area contributed by atoms with Gasteiger partial charge in [-0.2, -0.15) is 0 Å². The van der Waals surface area contributed by atoms with Gasteiger partial charge in [0.05, 0.1) is 13.7 Å². The number of aliphatic hydroxyl groups is 1. The summed E-state index contributed by atoms with van der Waals surface area (Å²) in [6, 6.07) is 21.7. The molecule has 6 heteroatoms. The summed E-state index contributed by atoms with van der Waals surface area (Å²) in [5, 5.41) is 12.3. The average molecular weight is 453 g/mol. The van der Waals surface area contributed by atoms with Crippen LogP contribution in [-0.4, -0.2) is 34.4 Å². The minimum absolute atomic E-state index is 0.104. The number of rotatable bonds is 10. The van der Waals surface area contributed by atoms with Crippen LogP contribution in [0.5, 0.6) is 11.5 Å². The van der Waals surface area contributed by atoms with E-state index in [4.69, 9.17) is 18.6 Å². The molecular formula is C26H32O5Si. The third kappa shape index (κ3) is 5.98. The van der Waals surface area contributed by atoms with Gasteiger partial charge in [0, 0.05) is 12.7 Å². The van der Waals surface area contributed by atoms with Gasteiger partial charge in [-0.25, -0.2) is 0 Å². The Labute approximate surface area is 191 Å². The predicted octanol–water partition coefficient (Wildman–Crippen LogP) is 4.70. The Bertz CT molecular complexity index is 1000. The quantitative estimate of drug-likeness (QED) is 0.357. The second kappa shape index (κ2) is 10.8. The Morgan fingerprint density at radius 3 is 2.22 bits per heavy atom. The molecule has 0 saturated carbocycles. The SMILES string of the molecule is COCOc1ccc([Si](C)(C)OCc2ccc(C)cc2)cc1C(O)c1ccc(OC)cc1. The zero-order valence-corrected chi connectivity index (χ0v) is 20.4. The van der Waals surface area contributed by atoms with Crippen LogP contribution in [0.4, 0.5) is 0 Å². The number of hydrogen-bond acceptors (Lipinski definition) is 5. The molecule has 32 heavy (non-hydrogen) atoms. The van der Waals surface area contributed by atoms with Crippen molar-refractivity contribution in [3.05, 3.63) is 89.0 Å². The molecule has 1 unspecified atom stereocenters. The highest BCUT2D eigenvalue weighted by Crippen LogP contribution is 2.31. The number of benzene rings is 3. The van der Waals surface area contributed by atoms with Crippen LogP contribution in [0.15, 0.2) is 66.7 Å². The molecule has 0 fully saturated rings. The summed E-state index contributed by atoms with van der Waals surface area (Å²) in [4.78, 5) is 0. The summed E-state index contributed by atoms with van der Waals surface area (Å²) in [6.45, 7) is 7.06. The number of methoxy groups -OCH3 is 2. The van der Waals surface area contributed by atoms with Crippen molar-refractivity contribution in [3.63, 3.8) is 0 Å². The predicted molar refractivity (Wildman–Crippen MR) is 129 cm³/mol. The van der Waals surface area contributed by atoms with Crippen LogP contribution in [0, 0.1) is 6.92 Å². The Kier molecular flexibility index (Phi) is 8.09. The van der Waals surface area contributed by atoms with Gasteiger partial charge in [-0.3, -0.25) is 0 Å². The first-order valence-corrected chi connectivity index (χ1v) is 13.5. The molecule has 3 rings (SSSR count). The summed E-state index contributed by atoms with van der Waals surface area (Å²) in [5.74, 6) is 1.32. The molecule has 5 nitrogen and oxygen atoms in total. The molecule has 3 aromatic rings. The number of aryl methyl sites for hydroxylation is 1. The zero-order valence-electron chi connectivity index (χ0n) is 19.4. The van der Waals surface area contributed by atoms with Crippen molar-refractivity contribution in [1.29, 1.82) is 0 Å². The molecular weight excluding hydrogens is 420 g/mol. The van der Waals surface area contributed by atoms with Crippen LogP contribution in [0.2, 0.25) is 13.1 Å². The molecule has 0 heterocycles. The van der Waals surface area contributed by atoms with Crippen LogP contribution in [0.25, 0.3) is 0 Å². The van der Waals surface area contributed by atoms with Gasteiger partial charge in [-0.15, -0.1) is 0 Å². The number of aliphatic hydroxyl groups excluding tert-OH is 1. The normalized spacial score (nSPS) is 12.4. The average Bonchev–Trinajstić information content (AvgIpc) is 2.82. The highest BCUT2D eigenvalue weighted by Gasteiger charge is 2.28. The second-order valence-corrected chi connectivity index (χ2v) is 12.2. The standard InChI is InChI=1S/C26H32O5Si/c1-19-6-8-20(9-7-19)17-31-32(4,5)23-14-15-25(30-18-28-2)24(16-23)26(27)21-10-12-22(29-3)13-11-21/h6-16,26-27H,17-18H2,1-5H3. The van der Waals surface area contributed by atoms with Crippen molar-refractivity contribution >= 4 is 13.5 Å². The van der Waals surface area contributed by atoms with E-state index < -0.39 is 14.4 Å². The molecule has 0 amide bonds. The fraction of sp³-hybridized carbons (Fsp3) is 0.308. The minimum Gasteiger partial charge on any atom is -0.497 e. The van der Waals surface area contributed by atoms with E-state index in [2.05, 4.69) is 44.3 Å². The van der Waals surface area contributed by atoms with Gasteiger partial charge in [0.1, 0.15) is 17.6 Å². The van der Waals surface area contributed by atoms with Crippen molar-refractivity contribution < 1.29 is 23.7 Å². The molecule has 0 radical (unpaired) electrons. The second-order valence-electron chi connectivity index (χ2n) is 8.26. The van der Waals surface area contributed by atoms with E-state index in [-0.39, 0.29) is 6.79 Å². The van der Waals surface area contributed by atoms with E-state index in [0.29, 0.717) is 17.9 Å². The molecule has 1 N–H and O–H groups in total. The molecule has 0 aromatic heterocycles. The maximum Gasteiger partial charge on any atom is 0.218 e. The zero-order chi connectivity index (χ0) is 23.1. The Morgan fingerprint density at radius 2 is 1.59 bits per heavy atom. The first-order chi connectivity index (χ1) is 15.3. The van der Waals surface area contributed by atoms with Gasteiger partial charge in [-0.1, -0.05) is 54.1 Å². The maximum atomic E-state index is 11.2. The van der Waals surface area contributed by atoms with Crippen LogP contribution >= 0.6 is 0 Å². The molecule has 170 valence electrons.